The molecule has 0 radical (unpaired) electrons. The van der Waals surface area contributed by atoms with E-state index in [2.05, 4.69) is 10.3 Å². The van der Waals surface area contributed by atoms with Gasteiger partial charge in [-0.25, -0.2) is 4.39 Å². The molecule has 96 valence electrons. The molecule has 0 aliphatic rings. The predicted molar refractivity (Wildman–Crippen MR) is 78.5 cm³/mol. The number of benzene rings is 1. The molecule has 18 heavy (non-hydrogen) atoms. The molecular weight excluding hydrogens is 368 g/mol. The summed E-state index contributed by atoms with van der Waals surface area (Å²) in [5.74, 6) is -0.358. The predicted octanol–water partition coefficient (Wildman–Crippen LogP) is 2.58. The molecule has 2 aromatic rings. The van der Waals surface area contributed by atoms with Crippen LogP contribution in [0, 0.1) is 14.2 Å². The molecule has 0 unspecified atom stereocenters. The first-order valence-electron chi connectivity index (χ1n) is 5.31. The van der Waals surface area contributed by atoms with Crippen molar-refractivity contribution in [1.82, 2.24) is 14.9 Å². The van der Waals surface area contributed by atoms with Gasteiger partial charge in [-0.2, -0.15) is 0 Å². The molecule has 7 heteroatoms. The van der Waals surface area contributed by atoms with Gasteiger partial charge in [-0.3, -0.25) is 4.79 Å². The third-order valence-corrected chi connectivity index (χ3v) is 3.81. The number of carbonyl (C=O) groups is 1. The normalized spacial score (nSPS) is 10.8. The highest BCUT2D eigenvalue weighted by atomic mass is 127. The van der Waals surface area contributed by atoms with E-state index < -0.39 is 0 Å². The second-order valence-electron chi connectivity index (χ2n) is 3.79. The minimum absolute atomic E-state index is 0.0720. The highest BCUT2D eigenvalue weighted by molar-refractivity contribution is 14.1. The van der Waals surface area contributed by atoms with Crippen LogP contribution in [-0.2, 0) is 11.3 Å². The van der Waals surface area contributed by atoms with Crippen LogP contribution in [0.5, 0.6) is 0 Å². The Morgan fingerprint density at radius 2 is 2.33 bits per heavy atom. The fourth-order valence-corrected chi connectivity index (χ4v) is 2.48. The fourth-order valence-electron chi connectivity index (χ4n) is 1.71. The lowest BCUT2D eigenvalue weighted by Gasteiger charge is -2.04. The minimum atomic E-state index is -0.286. The maximum atomic E-state index is 13.6. The van der Waals surface area contributed by atoms with Gasteiger partial charge in [0.2, 0.25) is 5.91 Å². The zero-order valence-corrected chi connectivity index (χ0v) is 12.6. The number of aromatic nitrogens is 2. The number of hydrogen-bond acceptors (Lipinski definition) is 2. The number of rotatable bonds is 3. The molecule has 1 heterocycles. The molecule has 0 saturated carbocycles. The van der Waals surface area contributed by atoms with Crippen LogP contribution in [0.4, 0.5) is 4.39 Å². The van der Waals surface area contributed by atoms with E-state index in [9.17, 15) is 9.18 Å². The molecule has 0 spiro atoms. The quantitative estimate of drug-likeness (QED) is 0.636. The minimum Gasteiger partial charge on any atom is -0.359 e. The zero-order valence-electron chi connectivity index (χ0n) is 9.59. The topological polar surface area (TPSA) is 49.8 Å². The summed E-state index contributed by atoms with van der Waals surface area (Å²) in [5.41, 5.74) is 1.46. The van der Waals surface area contributed by atoms with Gasteiger partial charge in [0.15, 0.2) is 4.77 Å². The number of fused-ring (bicyclic) bond motifs is 1. The van der Waals surface area contributed by atoms with Crippen LogP contribution >= 0.6 is 34.8 Å². The number of carbonyl (C=O) groups excluding carboxylic acids is 1. The Labute approximate surface area is 122 Å². The summed E-state index contributed by atoms with van der Waals surface area (Å²) >= 11 is 7.11. The molecule has 0 fully saturated rings. The lowest BCUT2D eigenvalue weighted by molar-refractivity contribution is -0.120. The number of aromatic amines is 1. The van der Waals surface area contributed by atoms with Gasteiger partial charge in [-0.15, -0.1) is 0 Å². The molecule has 0 aliphatic heterocycles. The van der Waals surface area contributed by atoms with Crippen LogP contribution < -0.4 is 5.32 Å². The summed E-state index contributed by atoms with van der Waals surface area (Å²) in [6.07, 6.45) is 0.311. The Morgan fingerprint density at radius 1 is 1.61 bits per heavy atom. The van der Waals surface area contributed by atoms with Crippen molar-refractivity contribution in [2.45, 2.75) is 13.0 Å². The van der Waals surface area contributed by atoms with Crippen molar-refractivity contribution in [1.29, 1.82) is 0 Å². The van der Waals surface area contributed by atoms with Gasteiger partial charge in [0.25, 0.3) is 0 Å². The van der Waals surface area contributed by atoms with E-state index in [1.165, 1.54) is 6.07 Å². The molecule has 1 aromatic carbocycles. The number of H-pyrrole nitrogens is 1. The number of aryl methyl sites for hydroxylation is 1. The second kappa shape index (κ2) is 5.35. The van der Waals surface area contributed by atoms with Crippen LogP contribution in [0.3, 0.4) is 0 Å². The lowest BCUT2D eigenvalue weighted by atomic mass is 10.3. The second-order valence-corrected chi connectivity index (χ2v) is 5.34. The molecule has 1 aromatic heterocycles. The van der Waals surface area contributed by atoms with Gasteiger partial charge < -0.3 is 14.9 Å². The molecule has 0 atom stereocenters. The van der Waals surface area contributed by atoms with Crippen molar-refractivity contribution in [2.75, 3.05) is 7.05 Å². The standard InChI is InChI=1S/C11H11FIN3OS/c1-14-10(17)2-3-16-9-4-6(12)7(13)5-8(9)15-11(16)18/h4-5H,2-3H2,1H3,(H,14,17)(H,15,18). The Morgan fingerprint density at radius 3 is 3.00 bits per heavy atom. The zero-order chi connectivity index (χ0) is 13.3. The van der Waals surface area contributed by atoms with Crippen LogP contribution in [0.15, 0.2) is 12.1 Å². The number of nitrogens with zero attached hydrogens (tertiary/aromatic N) is 1. The van der Waals surface area contributed by atoms with Crippen LogP contribution in [-0.4, -0.2) is 22.5 Å². The van der Waals surface area contributed by atoms with E-state index in [1.54, 1.807) is 17.7 Å². The maximum absolute atomic E-state index is 13.6. The van der Waals surface area contributed by atoms with Crippen LogP contribution in [0.25, 0.3) is 11.0 Å². The SMILES string of the molecule is CNC(=O)CCn1c(=S)[nH]c2cc(I)c(F)cc21. The van der Waals surface area contributed by atoms with Gasteiger partial charge in [0.1, 0.15) is 5.82 Å². The van der Waals surface area contributed by atoms with E-state index in [4.69, 9.17) is 12.2 Å². The molecule has 0 aliphatic carbocycles. The number of halogens is 2. The van der Waals surface area contributed by atoms with E-state index in [0.717, 1.165) is 5.52 Å². The third-order valence-electron chi connectivity index (χ3n) is 2.66. The summed E-state index contributed by atoms with van der Waals surface area (Å²) in [4.78, 5) is 14.2. The summed E-state index contributed by atoms with van der Waals surface area (Å²) in [7, 11) is 1.58. The molecule has 4 nitrogen and oxygen atoms in total. The van der Waals surface area contributed by atoms with E-state index in [1.807, 2.05) is 22.6 Å². The summed E-state index contributed by atoms with van der Waals surface area (Å²) in [6.45, 7) is 0.429. The van der Waals surface area contributed by atoms with Crippen molar-refractivity contribution in [3.63, 3.8) is 0 Å². The Bertz CT molecular complexity index is 664. The summed E-state index contributed by atoms with van der Waals surface area (Å²) in [5, 5.41) is 2.54. The van der Waals surface area contributed by atoms with Crippen molar-refractivity contribution >= 4 is 51.7 Å². The van der Waals surface area contributed by atoms with Gasteiger partial charge in [-0.1, -0.05) is 0 Å². The Balaban J connectivity index is 2.44. The number of nitrogens with one attached hydrogen (secondary N) is 2. The molecule has 2 rings (SSSR count). The molecule has 1 amide bonds. The van der Waals surface area contributed by atoms with Gasteiger partial charge in [-0.05, 0) is 40.9 Å². The summed E-state index contributed by atoms with van der Waals surface area (Å²) < 4.78 is 16.3. The number of amides is 1. The molecule has 0 bridgehead atoms. The van der Waals surface area contributed by atoms with Crippen molar-refractivity contribution in [3.8, 4) is 0 Å². The van der Waals surface area contributed by atoms with Crippen molar-refractivity contribution < 1.29 is 9.18 Å². The van der Waals surface area contributed by atoms with Crippen LogP contribution in [0.1, 0.15) is 6.42 Å². The highest BCUT2D eigenvalue weighted by Crippen LogP contribution is 2.20. The average Bonchev–Trinajstić information content (AvgIpc) is 2.62. The van der Waals surface area contributed by atoms with Gasteiger partial charge in [0, 0.05) is 26.1 Å². The number of hydrogen-bond donors (Lipinski definition) is 2. The first-order chi connectivity index (χ1) is 8.52. The summed E-state index contributed by atoms with van der Waals surface area (Å²) in [6, 6.07) is 3.14. The van der Waals surface area contributed by atoms with E-state index in [0.29, 0.717) is 26.8 Å². The molecule has 2 N–H and O–H groups in total. The first kappa shape index (κ1) is 13.5. The largest absolute Gasteiger partial charge is 0.359 e. The van der Waals surface area contributed by atoms with Gasteiger partial charge >= 0.3 is 0 Å². The van der Waals surface area contributed by atoms with Crippen molar-refractivity contribution in [3.05, 3.63) is 26.3 Å². The van der Waals surface area contributed by atoms with E-state index in [-0.39, 0.29) is 11.7 Å². The average molecular weight is 379 g/mol. The third kappa shape index (κ3) is 2.56. The number of imidazole rings is 1. The Hall–Kier alpha value is -0.960. The molecule has 0 saturated heterocycles. The lowest BCUT2D eigenvalue weighted by Crippen LogP contribution is -2.19. The van der Waals surface area contributed by atoms with Crippen LogP contribution in [0.2, 0.25) is 0 Å². The fraction of sp³-hybridized carbons (Fsp3) is 0.273. The maximum Gasteiger partial charge on any atom is 0.221 e. The first-order valence-corrected chi connectivity index (χ1v) is 6.79. The highest BCUT2D eigenvalue weighted by Gasteiger charge is 2.09. The molecular formula is C11H11FIN3OS. The van der Waals surface area contributed by atoms with Gasteiger partial charge in [0.05, 0.1) is 14.6 Å². The monoisotopic (exact) mass is 379 g/mol. The Kier molecular flexibility index (Phi) is 4.00. The van der Waals surface area contributed by atoms with E-state index >= 15 is 0 Å². The smallest absolute Gasteiger partial charge is 0.221 e. The van der Waals surface area contributed by atoms with Crippen molar-refractivity contribution in [2.24, 2.45) is 0 Å².